The zero-order valence-corrected chi connectivity index (χ0v) is 10.9. The van der Waals surface area contributed by atoms with Gasteiger partial charge >= 0.3 is 0 Å². The highest BCUT2D eigenvalue weighted by Crippen LogP contribution is 2.16. The van der Waals surface area contributed by atoms with Gasteiger partial charge in [-0.1, -0.05) is 35.9 Å². The van der Waals surface area contributed by atoms with E-state index in [2.05, 4.69) is 4.99 Å². The maximum Gasteiger partial charge on any atom is 0.235 e. The second-order valence-electron chi connectivity index (χ2n) is 3.97. The molecule has 0 fully saturated rings. The van der Waals surface area contributed by atoms with Gasteiger partial charge in [-0.3, -0.25) is 0 Å². The largest absolute Gasteiger partial charge is 0.489 e. The average Bonchev–Trinajstić information content (AvgIpc) is 2.44. The highest BCUT2D eigenvalue weighted by molar-refractivity contribution is 6.30. The van der Waals surface area contributed by atoms with Crippen molar-refractivity contribution in [3.63, 3.8) is 0 Å². The van der Waals surface area contributed by atoms with Gasteiger partial charge in [-0.25, -0.2) is 9.79 Å². The Morgan fingerprint density at radius 3 is 2.58 bits per heavy atom. The number of carbonyl (C=O) groups excluding carboxylic acids is 1. The third kappa shape index (κ3) is 4.25. The average molecular weight is 274 g/mol. The number of nitrogens with zero attached hydrogens (tertiary/aromatic N) is 1. The summed E-state index contributed by atoms with van der Waals surface area (Å²) in [6.07, 6.45) is 1.51. The van der Waals surface area contributed by atoms with Crippen LogP contribution >= 0.6 is 11.6 Å². The predicted octanol–water partition coefficient (Wildman–Crippen LogP) is 3.75. The molecule has 0 radical (unpaired) electrons. The molecule has 0 atom stereocenters. The highest BCUT2D eigenvalue weighted by atomic mass is 35.5. The molecule has 0 aromatic heterocycles. The molecule has 0 saturated heterocycles. The zero-order chi connectivity index (χ0) is 13.5. The van der Waals surface area contributed by atoms with Gasteiger partial charge in [0.1, 0.15) is 12.4 Å². The summed E-state index contributed by atoms with van der Waals surface area (Å²) in [7, 11) is 0. The van der Waals surface area contributed by atoms with Crippen LogP contribution < -0.4 is 4.74 Å². The van der Waals surface area contributed by atoms with Crippen LogP contribution in [0.3, 0.4) is 0 Å². The number of benzene rings is 2. The normalized spacial score (nSPS) is 9.74. The number of hydrogen-bond donors (Lipinski definition) is 0. The van der Waals surface area contributed by atoms with Crippen LogP contribution in [0.4, 0.5) is 0 Å². The molecule has 3 nitrogen and oxygen atoms in total. The lowest BCUT2D eigenvalue weighted by molar-refractivity contribution is 0.306. The van der Waals surface area contributed by atoms with Crippen molar-refractivity contribution in [3.8, 4) is 5.75 Å². The van der Waals surface area contributed by atoms with Gasteiger partial charge in [-0.2, -0.15) is 0 Å². The van der Waals surface area contributed by atoms with Crippen LogP contribution in [0.25, 0.3) is 0 Å². The molecule has 4 heteroatoms. The van der Waals surface area contributed by atoms with Crippen molar-refractivity contribution in [2.75, 3.05) is 0 Å². The van der Waals surface area contributed by atoms with Crippen molar-refractivity contribution in [2.45, 2.75) is 13.2 Å². The van der Waals surface area contributed by atoms with Crippen LogP contribution in [0, 0.1) is 0 Å². The number of hydrogen-bond acceptors (Lipinski definition) is 3. The lowest BCUT2D eigenvalue weighted by Gasteiger charge is -2.07. The minimum atomic E-state index is 0.345. The molecule has 2 aromatic carbocycles. The maximum atomic E-state index is 10.0. The smallest absolute Gasteiger partial charge is 0.235 e. The molecule has 0 amide bonds. The molecule has 0 aliphatic rings. The van der Waals surface area contributed by atoms with Gasteiger partial charge in [-0.15, -0.1) is 0 Å². The molecule has 0 aliphatic heterocycles. The number of aliphatic imine (C=N–C) groups is 1. The van der Waals surface area contributed by atoms with Crippen LogP contribution in [0.5, 0.6) is 5.75 Å². The summed E-state index contributed by atoms with van der Waals surface area (Å²) in [5.41, 5.74) is 1.96. The van der Waals surface area contributed by atoms with Gasteiger partial charge in [0, 0.05) is 5.02 Å². The minimum Gasteiger partial charge on any atom is -0.489 e. The second kappa shape index (κ2) is 6.74. The molecule has 0 saturated carbocycles. The zero-order valence-electron chi connectivity index (χ0n) is 10.2. The summed E-state index contributed by atoms with van der Waals surface area (Å²) in [5.74, 6) is 0.763. The van der Waals surface area contributed by atoms with Crippen molar-refractivity contribution in [2.24, 2.45) is 4.99 Å². The highest BCUT2D eigenvalue weighted by Gasteiger charge is 1.98. The van der Waals surface area contributed by atoms with E-state index in [1.54, 1.807) is 0 Å². The van der Waals surface area contributed by atoms with E-state index in [-0.39, 0.29) is 0 Å². The number of isocyanates is 1. The molecular formula is C15H12ClNO2. The first kappa shape index (κ1) is 13.3. The Morgan fingerprint density at radius 1 is 1.11 bits per heavy atom. The van der Waals surface area contributed by atoms with Crippen molar-refractivity contribution in [1.29, 1.82) is 0 Å². The van der Waals surface area contributed by atoms with Crippen molar-refractivity contribution >= 4 is 17.7 Å². The Kier molecular flexibility index (Phi) is 4.73. The van der Waals surface area contributed by atoms with Gasteiger partial charge in [0.05, 0.1) is 6.54 Å². The molecular weight excluding hydrogens is 262 g/mol. The first-order valence-electron chi connectivity index (χ1n) is 5.78. The third-order valence-electron chi connectivity index (χ3n) is 2.54. The van der Waals surface area contributed by atoms with E-state index in [0.29, 0.717) is 18.2 Å². The summed E-state index contributed by atoms with van der Waals surface area (Å²) in [5, 5.41) is 0.697. The number of ether oxygens (including phenoxy) is 1. The fraction of sp³-hybridized carbons (Fsp3) is 0.133. The molecule has 0 bridgehead atoms. The lowest BCUT2D eigenvalue weighted by atomic mass is 10.2. The van der Waals surface area contributed by atoms with Crippen molar-refractivity contribution in [3.05, 3.63) is 64.7 Å². The second-order valence-corrected chi connectivity index (χ2v) is 4.41. The first-order valence-corrected chi connectivity index (χ1v) is 6.15. The Morgan fingerprint density at radius 2 is 1.89 bits per heavy atom. The van der Waals surface area contributed by atoms with E-state index < -0.39 is 0 Å². The minimum absolute atomic E-state index is 0.345. The fourth-order valence-electron chi connectivity index (χ4n) is 1.61. The van der Waals surface area contributed by atoms with Crippen molar-refractivity contribution < 1.29 is 9.53 Å². The van der Waals surface area contributed by atoms with Crippen LogP contribution in [0.2, 0.25) is 5.02 Å². The Bertz CT molecular complexity index is 589. The number of rotatable bonds is 5. The van der Waals surface area contributed by atoms with E-state index in [1.165, 1.54) is 6.08 Å². The van der Waals surface area contributed by atoms with E-state index in [4.69, 9.17) is 16.3 Å². The maximum absolute atomic E-state index is 10.0. The summed E-state index contributed by atoms with van der Waals surface area (Å²) in [6, 6.07) is 15.0. The Labute approximate surface area is 116 Å². The molecule has 96 valence electrons. The standard InChI is InChI=1S/C15H12ClNO2/c16-14-3-1-2-13(8-14)10-19-15-6-4-12(5-7-15)9-17-11-18/h1-8H,9-10H2. The quantitative estimate of drug-likeness (QED) is 0.615. The third-order valence-corrected chi connectivity index (χ3v) is 2.78. The van der Waals surface area contributed by atoms with Crippen LogP contribution in [0.1, 0.15) is 11.1 Å². The van der Waals surface area contributed by atoms with E-state index in [0.717, 1.165) is 16.9 Å². The Balaban J connectivity index is 1.94. The van der Waals surface area contributed by atoms with Crippen LogP contribution in [-0.4, -0.2) is 6.08 Å². The SMILES string of the molecule is O=C=NCc1ccc(OCc2cccc(Cl)c2)cc1. The molecule has 2 rings (SSSR count). The monoisotopic (exact) mass is 273 g/mol. The molecule has 0 aliphatic carbocycles. The lowest BCUT2D eigenvalue weighted by Crippen LogP contribution is -1.95. The fourth-order valence-corrected chi connectivity index (χ4v) is 1.82. The molecule has 2 aromatic rings. The first-order chi connectivity index (χ1) is 9.28. The summed E-state index contributed by atoms with van der Waals surface area (Å²) in [6.45, 7) is 0.810. The van der Waals surface area contributed by atoms with E-state index in [9.17, 15) is 4.79 Å². The van der Waals surface area contributed by atoms with Gasteiger partial charge in [0.15, 0.2) is 0 Å². The summed E-state index contributed by atoms with van der Waals surface area (Å²) < 4.78 is 5.64. The number of halogens is 1. The summed E-state index contributed by atoms with van der Waals surface area (Å²) in [4.78, 5) is 13.5. The van der Waals surface area contributed by atoms with E-state index in [1.807, 2.05) is 48.5 Å². The summed E-state index contributed by atoms with van der Waals surface area (Å²) >= 11 is 5.90. The molecule has 19 heavy (non-hydrogen) atoms. The van der Waals surface area contributed by atoms with Crippen LogP contribution in [0.15, 0.2) is 53.5 Å². The molecule has 0 unspecified atom stereocenters. The van der Waals surface area contributed by atoms with Gasteiger partial charge in [0.2, 0.25) is 6.08 Å². The topological polar surface area (TPSA) is 38.7 Å². The van der Waals surface area contributed by atoms with Crippen LogP contribution in [-0.2, 0) is 17.9 Å². The van der Waals surface area contributed by atoms with E-state index >= 15 is 0 Å². The van der Waals surface area contributed by atoms with Gasteiger partial charge in [-0.05, 0) is 35.4 Å². The molecule has 0 heterocycles. The predicted molar refractivity (Wildman–Crippen MR) is 74.1 cm³/mol. The van der Waals surface area contributed by atoms with Gasteiger partial charge < -0.3 is 4.74 Å². The Hall–Kier alpha value is -2.09. The van der Waals surface area contributed by atoms with Gasteiger partial charge in [0.25, 0.3) is 0 Å². The molecule has 0 spiro atoms. The van der Waals surface area contributed by atoms with Crippen molar-refractivity contribution in [1.82, 2.24) is 0 Å². The molecule has 0 N–H and O–H groups in total.